The number of rotatable bonds is 10. The standard InChI is InChI=1S/C20H23BrN6O4/c1-12(29)13(2)31-18-16(21)11-23-20(27-18)25-15-5-3-14(4-6-15)24-19-22-8-7-17(26-19)30-10-9-28/h3-8,11-13,28-29H,9-10H2,1-2H3,(H,22,24,26)(H,23,25,27)/t12?,13-/m1/s1. The highest BCUT2D eigenvalue weighted by molar-refractivity contribution is 9.10. The van der Waals surface area contributed by atoms with Crippen molar-refractivity contribution in [1.29, 1.82) is 0 Å². The fourth-order valence-corrected chi connectivity index (χ4v) is 2.58. The Hall–Kier alpha value is -3.02. The van der Waals surface area contributed by atoms with Crippen molar-refractivity contribution in [2.24, 2.45) is 0 Å². The van der Waals surface area contributed by atoms with Crippen LogP contribution in [0.5, 0.6) is 11.8 Å². The molecule has 164 valence electrons. The van der Waals surface area contributed by atoms with Crippen molar-refractivity contribution in [2.45, 2.75) is 26.1 Å². The van der Waals surface area contributed by atoms with Gasteiger partial charge in [-0.3, -0.25) is 0 Å². The first-order valence-corrected chi connectivity index (χ1v) is 10.3. The van der Waals surface area contributed by atoms with Gasteiger partial charge < -0.3 is 30.3 Å². The summed E-state index contributed by atoms with van der Waals surface area (Å²) in [5.74, 6) is 1.44. The number of halogens is 1. The number of ether oxygens (including phenoxy) is 2. The molecular weight excluding hydrogens is 468 g/mol. The Morgan fingerprint density at radius 3 is 2.26 bits per heavy atom. The number of aliphatic hydroxyl groups is 2. The largest absolute Gasteiger partial charge is 0.475 e. The lowest BCUT2D eigenvalue weighted by Gasteiger charge is -2.17. The van der Waals surface area contributed by atoms with Gasteiger partial charge in [0, 0.05) is 23.6 Å². The van der Waals surface area contributed by atoms with Crippen molar-refractivity contribution in [3.63, 3.8) is 0 Å². The molecule has 3 aromatic rings. The van der Waals surface area contributed by atoms with E-state index in [0.29, 0.717) is 28.1 Å². The molecule has 0 saturated carbocycles. The molecule has 0 spiro atoms. The maximum atomic E-state index is 9.63. The van der Waals surface area contributed by atoms with E-state index >= 15 is 0 Å². The molecule has 3 rings (SSSR count). The minimum atomic E-state index is -0.635. The van der Waals surface area contributed by atoms with Crippen LogP contribution in [0.25, 0.3) is 0 Å². The Balaban J connectivity index is 1.64. The first kappa shape index (κ1) is 22.7. The van der Waals surface area contributed by atoms with Crippen LogP contribution >= 0.6 is 15.9 Å². The second kappa shape index (κ2) is 10.8. The molecule has 0 saturated heterocycles. The van der Waals surface area contributed by atoms with Crippen molar-refractivity contribution in [1.82, 2.24) is 19.9 Å². The summed E-state index contributed by atoms with van der Waals surface area (Å²) in [5.41, 5.74) is 1.54. The van der Waals surface area contributed by atoms with Crippen LogP contribution in [-0.4, -0.2) is 55.6 Å². The predicted molar refractivity (Wildman–Crippen MR) is 119 cm³/mol. The smallest absolute Gasteiger partial charge is 0.233 e. The van der Waals surface area contributed by atoms with Gasteiger partial charge in [-0.2, -0.15) is 9.97 Å². The normalized spacial score (nSPS) is 12.7. The van der Waals surface area contributed by atoms with E-state index in [0.717, 1.165) is 11.4 Å². The van der Waals surface area contributed by atoms with Crippen LogP contribution in [0.15, 0.2) is 47.2 Å². The first-order chi connectivity index (χ1) is 14.9. The van der Waals surface area contributed by atoms with Crippen LogP contribution in [0.1, 0.15) is 13.8 Å². The fourth-order valence-electron chi connectivity index (χ4n) is 2.30. The van der Waals surface area contributed by atoms with Gasteiger partial charge in [0.15, 0.2) is 0 Å². The van der Waals surface area contributed by atoms with Crippen LogP contribution in [0.4, 0.5) is 23.3 Å². The van der Waals surface area contributed by atoms with Crippen LogP contribution in [-0.2, 0) is 0 Å². The van der Waals surface area contributed by atoms with Crippen molar-refractivity contribution >= 4 is 39.2 Å². The summed E-state index contributed by atoms with van der Waals surface area (Å²) in [6, 6.07) is 9.00. The van der Waals surface area contributed by atoms with E-state index in [2.05, 4.69) is 46.5 Å². The number of anilines is 4. The topological polar surface area (TPSA) is 135 Å². The Labute approximate surface area is 187 Å². The Morgan fingerprint density at radius 2 is 1.65 bits per heavy atom. The number of nitrogens with zero attached hydrogens (tertiary/aromatic N) is 4. The summed E-state index contributed by atoms with van der Waals surface area (Å²) in [6.45, 7) is 3.49. The van der Waals surface area contributed by atoms with E-state index in [-0.39, 0.29) is 13.2 Å². The van der Waals surface area contributed by atoms with E-state index in [4.69, 9.17) is 14.6 Å². The van der Waals surface area contributed by atoms with Gasteiger partial charge in [-0.05, 0) is 54.0 Å². The number of benzene rings is 1. The number of hydrogen-bond donors (Lipinski definition) is 4. The maximum absolute atomic E-state index is 9.63. The lowest BCUT2D eigenvalue weighted by atomic mass is 10.3. The molecular formula is C20H23BrN6O4. The molecule has 0 amide bonds. The molecule has 0 aliphatic rings. The van der Waals surface area contributed by atoms with Gasteiger partial charge in [0.25, 0.3) is 0 Å². The van der Waals surface area contributed by atoms with Gasteiger partial charge in [-0.25, -0.2) is 9.97 Å². The van der Waals surface area contributed by atoms with Crippen LogP contribution in [0, 0.1) is 0 Å². The van der Waals surface area contributed by atoms with E-state index in [1.165, 1.54) is 0 Å². The first-order valence-electron chi connectivity index (χ1n) is 9.52. The minimum Gasteiger partial charge on any atom is -0.475 e. The summed E-state index contributed by atoms with van der Waals surface area (Å²) in [7, 11) is 0. The quantitative estimate of drug-likeness (QED) is 0.335. The highest BCUT2D eigenvalue weighted by atomic mass is 79.9. The minimum absolute atomic E-state index is 0.0868. The molecule has 1 unspecified atom stereocenters. The summed E-state index contributed by atoms with van der Waals surface area (Å²) in [4.78, 5) is 16.9. The second-order valence-electron chi connectivity index (χ2n) is 6.53. The zero-order valence-electron chi connectivity index (χ0n) is 17.0. The molecule has 2 aromatic heterocycles. The number of aromatic nitrogens is 4. The number of hydrogen-bond acceptors (Lipinski definition) is 10. The van der Waals surface area contributed by atoms with Gasteiger partial charge >= 0.3 is 0 Å². The lowest BCUT2D eigenvalue weighted by molar-refractivity contribution is 0.0569. The Kier molecular flexibility index (Phi) is 7.93. The molecule has 0 fully saturated rings. The second-order valence-corrected chi connectivity index (χ2v) is 7.38. The van der Waals surface area contributed by atoms with Crippen molar-refractivity contribution < 1.29 is 19.7 Å². The molecule has 1 aromatic carbocycles. The molecule has 11 heteroatoms. The Bertz CT molecular complexity index is 990. The predicted octanol–water partition coefficient (Wildman–Crippen LogP) is 3.04. The van der Waals surface area contributed by atoms with Crippen LogP contribution in [0.2, 0.25) is 0 Å². The van der Waals surface area contributed by atoms with Gasteiger partial charge in [0.05, 0.1) is 23.4 Å². The number of nitrogens with one attached hydrogen (secondary N) is 2. The molecule has 31 heavy (non-hydrogen) atoms. The summed E-state index contributed by atoms with van der Waals surface area (Å²) >= 11 is 3.35. The maximum Gasteiger partial charge on any atom is 0.233 e. The zero-order valence-corrected chi connectivity index (χ0v) is 18.6. The summed E-state index contributed by atoms with van der Waals surface area (Å²) in [5, 5.41) is 24.7. The molecule has 10 nitrogen and oxygen atoms in total. The van der Waals surface area contributed by atoms with Crippen molar-refractivity contribution in [3.8, 4) is 11.8 Å². The third-order valence-corrected chi connectivity index (χ3v) is 4.60. The highest BCUT2D eigenvalue weighted by Crippen LogP contribution is 2.26. The van der Waals surface area contributed by atoms with E-state index < -0.39 is 12.2 Å². The molecule has 0 radical (unpaired) electrons. The molecule has 0 aliphatic heterocycles. The van der Waals surface area contributed by atoms with Crippen molar-refractivity contribution in [2.75, 3.05) is 23.8 Å². The molecule has 2 atom stereocenters. The molecule has 4 N–H and O–H groups in total. The van der Waals surface area contributed by atoms with Crippen LogP contribution < -0.4 is 20.1 Å². The Morgan fingerprint density at radius 1 is 1.00 bits per heavy atom. The van der Waals surface area contributed by atoms with E-state index in [1.54, 1.807) is 32.3 Å². The third kappa shape index (κ3) is 6.74. The zero-order chi connectivity index (χ0) is 22.2. The highest BCUT2D eigenvalue weighted by Gasteiger charge is 2.14. The molecule has 0 bridgehead atoms. The van der Waals surface area contributed by atoms with Crippen LogP contribution in [0.3, 0.4) is 0 Å². The van der Waals surface area contributed by atoms with Gasteiger partial charge in [-0.1, -0.05) is 0 Å². The molecule has 2 heterocycles. The van der Waals surface area contributed by atoms with E-state index in [9.17, 15) is 5.11 Å². The monoisotopic (exact) mass is 490 g/mol. The average Bonchev–Trinajstić information content (AvgIpc) is 2.76. The molecule has 0 aliphatic carbocycles. The third-order valence-electron chi connectivity index (χ3n) is 4.06. The van der Waals surface area contributed by atoms with Gasteiger partial charge in [0.2, 0.25) is 23.7 Å². The fraction of sp³-hybridized carbons (Fsp3) is 0.300. The average molecular weight is 491 g/mol. The summed E-state index contributed by atoms with van der Waals surface area (Å²) < 4.78 is 11.5. The number of aliphatic hydroxyl groups excluding tert-OH is 2. The lowest BCUT2D eigenvalue weighted by Crippen LogP contribution is -2.26. The SMILES string of the molecule is CC(O)[C@@H](C)Oc1nc(Nc2ccc(Nc3nccc(OCCO)n3)cc2)ncc1Br. The van der Waals surface area contributed by atoms with Crippen molar-refractivity contribution in [3.05, 3.63) is 47.2 Å². The summed E-state index contributed by atoms with van der Waals surface area (Å²) in [6.07, 6.45) is 2.10. The van der Waals surface area contributed by atoms with E-state index in [1.807, 2.05) is 24.3 Å². The van der Waals surface area contributed by atoms with Gasteiger partial charge in [0.1, 0.15) is 12.7 Å². The van der Waals surface area contributed by atoms with Gasteiger partial charge in [-0.15, -0.1) is 0 Å².